The molecular formula is C24H29N9O. The van der Waals surface area contributed by atoms with E-state index in [1.807, 2.05) is 24.4 Å². The van der Waals surface area contributed by atoms with Crippen LogP contribution in [-0.2, 0) is 0 Å². The Kier molecular flexibility index (Phi) is 5.92. The van der Waals surface area contributed by atoms with Gasteiger partial charge in [-0.3, -0.25) is 4.79 Å². The van der Waals surface area contributed by atoms with Gasteiger partial charge in [0.05, 0.1) is 11.9 Å². The summed E-state index contributed by atoms with van der Waals surface area (Å²) in [6.07, 6.45) is 8.05. The van der Waals surface area contributed by atoms with Crippen molar-refractivity contribution in [3.63, 3.8) is 0 Å². The van der Waals surface area contributed by atoms with E-state index in [9.17, 15) is 4.79 Å². The van der Waals surface area contributed by atoms with Gasteiger partial charge in [-0.25, -0.2) is 9.97 Å². The fourth-order valence-corrected chi connectivity index (χ4v) is 4.81. The number of fused-ring (bicyclic) bond motifs is 1. The fourth-order valence-electron chi connectivity index (χ4n) is 4.81. The van der Waals surface area contributed by atoms with Crippen LogP contribution in [0.1, 0.15) is 42.2 Å². The molecule has 0 spiro atoms. The maximum absolute atomic E-state index is 12.9. The van der Waals surface area contributed by atoms with E-state index in [0.29, 0.717) is 17.5 Å². The van der Waals surface area contributed by atoms with Gasteiger partial charge in [-0.1, -0.05) is 12.8 Å². The zero-order valence-corrected chi connectivity index (χ0v) is 19.6. The SMILES string of the molecule is [C-]#[N+]N1CCN(c2ccc(Nc3ncc4cc(C(=O)N(C)C)n(C5CCCC5)c4n3)nc2)CC1. The van der Waals surface area contributed by atoms with E-state index in [-0.39, 0.29) is 11.9 Å². The van der Waals surface area contributed by atoms with Crippen molar-refractivity contribution < 1.29 is 4.79 Å². The molecule has 2 fully saturated rings. The van der Waals surface area contributed by atoms with Crippen LogP contribution in [0.25, 0.3) is 16.0 Å². The molecule has 4 heterocycles. The lowest BCUT2D eigenvalue weighted by atomic mass is 10.2. The Hall–Kier alpha value is -3.87. The zero-order valence-electron chi connectivity index (χ0n) is 19.6. The molecule has 10 heteroatoms. The van der Waals surface area contributed by atoms with Crippen molar-refractivity contribution in [2.75, 3.05) is 50.5 Å². The summed E-state index contributed by atoms with van der Waals surface area (Å²) in [6, 6.07) is 6.12. The molecule has 0 atom stereocenters. The van der Waals surface area contributed by atoms with Gasteiger partial charge in [-0.05, 0) is 31.0 Å². The number of nitrogens with zero attached hydrogens (tertiary/aromatic N) is 8. The van der Waals surface area contributed by atoms with E-state index in [1.165, 1.54) is 12.8 Å². The van der Waals surface area contributed by atoms with E-state index in [1.54, 1.807) is 30.2 Å². The fraction of sp³-hybridized carbons (Fsp3) is 0.458. The number of nitrogens with one attached hydrogen (secondary N) is 1. The van der Waals surface area contributed by atoms with Crippen LogP contribution in [0.5, 0.6) is 0 Å². The van der Waals surface area contributed by atoms with Gasteiger partial charge in [-0.2, -0.15) is 16.5 Å². The number of rotatable bonds is 5. The van der Waals surface area contributed by atoms with Gasteiger partial charge in [0.15, 0.2) is 0 Å². The lowest BCUT2D eigenvalue weighted by molar-refractivity contribution is 0.0815. The van der Waals surface area contributed by atoms with Crippen molar-refractivity contribution in [2.24, 2.45) is 0 Å². The second-order valence-corrected chi connectivity index (χ2v) is 9.08. The Balaban J connectivity index is 1.38. The second-order valence-electron chi connectivity index (χ2n) is 9.08. The standard InChI is InChI=1S/C24H29N9O/c1-25-32-12-10-31(11-13-32)19-8-9-21(26-16-19)28-24-27-15-17-14-20(23(34)30(2)3)33(22(17)29-24)18-6-4-5-7-18/h8-9,14-16,18H,4-7,10-13H2,2-3H3,(H,26,27,28,29). The highest BCUT2D eigenvalue weighted by atomic mass is 16.2. The van der Waals surface area contributed by atoms with E-state index in [0.717, 1.165) is 55.7 Å². The third kappa shape index (κ3) is 4.21. The van der Waals surface area contributed by atoms with Gasteiger partial charge in [0.2, 0.25) is 5.95 Å². The Morgan fingerprint density at radius 3 is 2.53 bits per heavy atom. The van der Waals surface area contributed by atoms with Crippen LogP contribution >= 0.6 is 0 Å². The summed E-state index contributed by atoms with van der Waals surface area (Å²) in [7, 11) is 3.55. The van der Waals surface area contributed by atoms with Crippen LogP contribution in [0.15, 0.2) is 30.6 Å². The first-order valence-corrected chi connectivity index (χ1v) is 11.7. The molecule has 5 rings (SSSR count). The van der Waals surface area contributed by atoms with Gasteiger partial charge < -0.3 is 19.7 Å². The first-order valence-electron chi connectivity index (χ1n) is 11.7. The average molecular weight is 460 g/mol. The molecule has 1 saturated carbocycles. The number of anilines is 3. The van der Waals surface area contributed by atoms with E-state index < -0.39 is 0 Å². The molecule has 1 aliphatic heterocycles. The van der Waals surface area contributed by atoms with E-state index in [4.69, 9.17) is 11.6 Å². The number of hydrogen-bond donors (Lipinski definition) is 1. The van der Waals surface area contributed by atoms with Crippen LogP contribution in [0.2, 0.25) is 0 Å². The maximum Gasteiger partial charge on any atom is 0.270 e. The third-order valence-corrected chi connectivity index (χ3v) is 6.64. The summed E-state index contributed by atoms with van der Waals surface area (Å²) in [6.45, 7) is 10.2. The highest BCUT2D eigenvalue weighted by molar-refractivity contribution is 5.97. The van der Waals surface area contributed by atoms with E-state index >= 15 is 0 Å². The van der Waals surface area contributed by atoms with Crippen molar-refractivity contribution in [1.29, 1.82) is 0 Å². The lowest BCUT2D eigenvalue weighted by Crippen LogP contribution is -2.43. The van der Waals surface area contributed by atoms with Gasteiger partial charge in [-0.15, -0.1) is 5.01 Å². The van der Waals surface area contributed by atoms with Crippen molar-refractivity contribution in [3.8, 4) is 0 Å². The molecule has 3 aromatic rings. The summed E-state index contributed by atoms with van der Waals surface area (Å²) < 4.78 is 2.11. The number of carbonyl (C=O) groups is 1. The molecule has 34 heavy (non-hydrogen) atoms. The number of piperazine rings is 1. The maximum atomic E-state index is 12.9. The minimum atomic E-state index is -0.0195. The molecule has 1 aliphatic carbocycles. The van der Waals surface area contributed by atoms with Crippen LogP contribution < -0.4 is 10.2 Å². The summed E-state index contributed by atoms with van der Waals surface area (Å²) in [5, 5.41) is 5.83. The van der Waals surface area contributed by atoms with Gasteiger partial charge in [0.25, 0.3) is 5.91 Å². The predicted molar refractivity (Wildman–Crippen MR) is 131 cm³/mol. The minimum absolute atomic E-state index is 0.0195. The minimum Gasteiger partial charge on any atom is -0.366 e. The molecule has 1 saturated heterocycles. The summed E-state index contributed by atoms with van der Waals surface area (Å²) in [5.74, 6) is 1.10. The molecular weight excluding hydrogens is 430 g/mol. The van der Waals surface area contributed by atoms with Crippen molar-refractivity contribution in [1.82, 2.24) is 29.4 Å². The van der Waals surface area contributed by atoms with Gasteiger partial charge >= 0.3 is 0 Å². The summed E-state index contributed by atoms with van der Waals surface area (Å²) in [5.41, 5.74) is 2.48. The third-order valence-electron chi connectivity index (χ3n) is 6.64. The quantitative estimate of drug-likeness (QED) is 0.586. The number of aromatic nitrogens is 4. The van der Waals surface area contributed by atoms with Crippen molar-refractivity contribution in [3.05, 3.63) is 47.8 Å². The molecule has 176 valence electrons. The zero-order chi connectivity index (χ0) is 23.7. The largest absolute Gasteiger partial charge is 0.366 e. The summed E-state index contributed by atoms with van der Waals surface area (Å²) in [4.78, 5) is 34.0. The average Bonchev–Trinajstić information content (AvgIpc) is 3.51. The van der Waals surface area contributed by atoms with Crippen molar-refractivity contribution >= 4 is 34.4 Å². The van der Waals surface area contributed by atoms with E-state index in [2.05, 4.69) is 29.7 Å². The normalized spacial score (nSPS) is 16.6. The monoisotopic (exact) mass is 459 g/mol. The molecule has 10 nitrogen and oxygen atoms in total. The van der Waals surface area contributed by atoms with Crippen LogP contribution in [-0.4, -0.2) is 75.6 Å². The number of pyridine rings is 1. The molecule has 2 aliphatic rings. The number of amides is 1. The van der Waals surface area contributed by atoms with Crippen LogP contribution in [0, 0.1) is 6.57 Å². The molecule has 0 unspecified atom stereocenters. The van der Waals surface area contributed by atoms with Crippen LogP contribution in [0.4, 0.5) is 17.5 Å². The molecule has 0 radical (unpaired) electrons. The first kappa shape index (κ1) is 21.9. The highest BCUT2D eigenvalue weighted by Crippen LogP contribution is 2.35. The molecule has 1 amide bonds. The Morgan fingerprint density at radius 2 is 1.88 bits per heavy atom. The number of hydrogen-bond acceptors (Lipinski definition) is 7. The second kappa shape index (κ2) is 9.17. The summed E-state index contributed by atoms with van der Waals surface area (Å²) >= 11 is 0. The Bertz CT molecular complexity index is 1210. The van der Waals surface area contributed by atoms with Gasteiger partial charge in [0.1, 0.15) is 30.2 Å². The topological polar surface area (TPSA) is 86.8 Å². The number of carbonyl (C=O) groups excluding carboxylic acids is 1. The lowest BCUT2D eigenvalue weighted by Gasteiger charge is -2.30. The Labute approximate surface area is 199 Å². The highest BCUT2D eigenvalue weighted by Gasteiger charge is 2.26. The first-order chi connectivity index (χ1) is 16.5. The molecule has 3 aromatic heterocycles. The van der Waals surface area contributed by atoms with Gasteiger partial charge in [0, 0.05) is 44.8 Å². The Morgan fingerprint density at radius 1 is 1.12 bits per heavy atom. The van der Waals surface area contributed by atoms with Crippen molar-refractivity contribution in [2.45, 2.75) is 31.7 Å². The molecule has 0 aromatic carbocycles. The molecule has 1 N–H and O–H groups in total. The smallest absolute Gasteiger partial charge is 0.270 e. The van der Waals surface area contributed by atoms with Crippen LogP contribution in [0.3, 0.4) is 0 Å². The predicted octanol–water partition coefficient (Wildman–Crippen LogP) is 3.34. The molecule has 0 bridgehead atoms.